The number of hydrogen-bond donors (Lipinski definition) is 1. The molecule has 2 unspecified atom stereocenters. The van der Waals surface area contributed by atoms with Gasteiger partial charge in [0.2, 0.25) is 0 Å². The first kappa shape index (κ1) is 17.4. The third-order valence-corrected chi connectivity index (χ3v) is 3.54. The van der Waals surface area contributed by atoms with Gasteiger partial charge in [0, 0.05) is 12.6 Å². The van der Waals surface area contributed by atoms with Gasteiger partial charge in [-0.3, -0.25) is 9.69 Å². The van der Waals surface area contributed by atoms with Gasteiger partial charge in [0.05, 0.1) is 7.11 Å². The minimum absolute atomic E-state index is 0.183. The molecule has 0 aliphatic heterocycles. The van der Waals surface area contributed by atoms with Gasteiger partial charge < -0.3 is 10.1 Å². The Labute approximate surface area is 112 Å². The van der Waals surface area contributed by atoms with E-state index in [2.05, 4.69) is 37.9 Å². The summed E-state index contributed by atoms with van der Waals surface area (Å²) in [5.41, 5.74) is -0.621. The van der Waals surface area contributed by atoms with Crippen LogP contribution in [0.25, 0.3) is 0 Å². The quantitative estimate of drug-likeness (QED) is 0.643. The van der Waals surface area contributed by atoms with Gasteiger partial charge in [-0.25, -0.2) is 0 Å². The van der Waals surface area contributed by atoms with Gasteiger partial charge >= 0.3 is 5.97 Å². The first-order chi connectivity index (χ1) is 8.45. The minimum Gasteiger partial charge on any atom is -0.468 e. The van der Waals surface area contributed by atoms with Crippen molar-refractivity contribution in [3.8, 4) is 0 Å². The maximum Gasteiger partial charge on any atom is 0.327 e. The molecule has 1 N–H and O–H groups in total. The third kappa shape index (κ3) is 4.94. The second-order valence-electron chi connectivity index (χ2n) is 5.07. The Kier molecular flexibility index (Phi) is 8.20. The molecule has 18 heavy (non-hydrogen) atoms. The molecule has 0 bridgehead atoms. The van der Waals surface area contributed by atoms with E-state index in [1.807, 2.05) is 6.92 Å². The van der Waals surface area contributed by atoms with E-state index in [-0.39, 0.29) is 5.97 Å². The van der Waals surface area contributed by atoms with Crippen molar-refractivity contribution in [2.24, 2.45) is 0 Å². The summed E-state index contributed by atoms with van der Waals surface area (Å²) in [6.45, 7) is 13.0. The lowest BCUT2D eigenvalue weighted by Gasteiger charge is -2.36. The molecule has 108 valence electrons. The summed E-state index contributed by atoms with van der Waals surface area (Å²) in [7, 11) is 1.45. The number of ether oxygens (including phenoxy) is 1. The van der Waals surface area contributed by atoms with E-state index in [4.69, 9.17) is 4.74 Å². The Morgan fingerprint density at radius 3 is 2.39 bits per heavy atom. The summed E-state index contributed by atoms with van der Waals surface area (Å²) in [5.74, 6) is -0.183. The predicted molar refractivity (Wildman–Crippen MR) is 75.7 cm³/mol. The molecule has 0 aliphatic carbocycles. The number of nitrogens with zero attached hydrogens (tertiary/aromatic N) is 1. The Morgan fingerprint density at radius 1 is 1.39 bits per heavy atom. The van der Waals surface area contributed by atoms with E-state index in [0.717, 1.165) is 25.9 Å². The molecule has 0 radical (unpaired) electrons. The van der Waals surface area contributed by atoms with E-state index >= 15 is 0 Å². The number of esters is 1. The van der Waals surface area contributed by atoms with Crippen molar-refractivity contribution in [2.75, 3.05) is 26.7 Å². The summed E-state index contributed by atoms with van der Waals surface area (Å²) < 4.78 is 4.94. The maximum absolute atomic E-state index is 12.0. The van der Waals surface area contributed by atoms with Crippen LogP contribution < -0.4 is 5.32 Å². The highest BCUT2D eigenvalue weighted by Crippen LogP contribution is 2.13. The molecular weight excluding hydrogens is 228 g/mol. The van der Waals surface area contributed by atoms with Crippen LogP contribution in [-0.2, 0) is 9.53 Å². The van der Waals surface area contributed by atoms with Crippen LogP contribution in [0, 0.1) is 0 Å². The lowest BCUT2D eigenvalue weighted by Crippen LogP contribution is -2.58. The molecule has 2 atom stereocenters. The van der Waals surface area contributed by atoms with Crippen LogP contribution in [0.4, 0.5) is 0 Å². The van der Waals surface area contributed by atoms with E-state index in [9.17, 15) is 4.79 Å². The molecule has 0 aliphatic rings. The Hall–Kier alpha value is -0.610. The molecule has 0 spiro atoms. The average Bonchev–Trinajstić information content (AvgIpc) is 2.40. The normalized spacial score (nSPS) is 16.4. The highest BCUT2D eigenvalue weighted by atomic mass is 16.5. The van der Waals surface area contributed by atoms with Crippen LogP contribution in [-0.4, -0.2) is 49.2 Å². The number of carbonyl (C=O) groups is 1. The van der Waals surface area contributed by atoms with Crippen LogP contribution in [0.2, 0.25) is 0 Å². The smallest absolute Gasteiger partial charge is 0.327 e. The molecule has 0 aromatic heterocycles. The highest BCUT2D eigenvalue weighted by Gasteiger charge is 2.36. The number of likely N-dealkylation sites (N-methyl/N-ethyl adjacent to an activating group) is 1. The lowest BCUT2D eigenvalue weighted by molar-refractivity contribution is -0.149. The van der Waals surface area contributed by atoms with Crippen molar-refractivity contribution < 1.29 is 9.53 Å². The number of methoxy groups -OCH3 is 1. The Bertz CT molecular complexity index is 246. The second kappa shape index (κ2) is 8.48. The van der Waals surface area contributed by atoms with E-state index in [1.54, 1.807) is 0 Å². The fourth-order valence-corrected chi connectivity index (χ4v) is 2.06. The SMILES string of the molecule is CCCNC(C)(CN(CC)C(C)CC)C(=O)OC. The molecule has 0 saturated heterocycles. The standard InChI is InChI=1S/C14H30N2O2/c1-7-10-15-14(5,13(17)18-6)11-16(9-3)12(4)8-2/h12,15H,7-11H2,1-6H3. The van der Waals surface area contributed by atoms with Gasteiger partial charge in [-0.05, 0) is 39.8 Å². The molecule has 0 fully saturated rings. The molecule has 0 aromatic rings. The number of hydrogen-bond acceptors (Lipinski definition) is 4. The van der Waals surface area contributed by atoms with Crippen molar-refractivity contribution in [1.29, 1.82) is 0 Å². The predicted octanol–water partition coefficient (Wildman–Crippen LogP) is 2.04. The van der Waals surface area contributed by atoms with Gasteiger partial charge in [-0.1, -0.05) is 20.8 Å². The molecule has 0 rings (SSSR count). The third-order valence-electron chi connectivity index (χ3n) is 3.54. The first-order valence-electron chi connectivity index (χ1n) is 7.02. The van der Waals surface area contributed by atoms with Crippen LogP contribution >= 0.6 is 0 Å². The summed E-state index contributed by atoms with van der Waals surface area (Å²) in [6.07, 6.45) is 2.08. The van der Waals surface area contributed by atoms with Gasteiger partial charge in [0.1, 0.15) is 5.54 Å². The van der Waals surface area contributed by atoms with Gasteiger partial charge in [-0.15, -0.1) is 0 Å². The van der Waals surface area contributed by atoms with Crippen LogP contribution in [0.3, 0.4) is 0 Å². The zero-order chi connectivity index (χ0) is 14.2. The second-order valence-corrected chi connectivity index (χ2v) is 5.07. The summed E-state index contributed by atoms with van der Waals surface area (Å²) >= 11 is 0. The zero-order valence-corrected chi connectivity index (χ0v) is 12.9. The van der Waals surface area contributed by atoms with Crippen molar-refractivity contribution in [3.63, 3.8) is 0 Å². The zero-order valence-electron chi connectivity index (χ0n) is 12.9. The lowest BCUT2D eigenvalue weighted by atomic mass is 10.00. The summed E-state index contributed by atoms with van der Waals surface area (Å²) in [6, 6.07) is 0.474. The Morgan fingerprint density at radius 2 is 2.00 bits per heavy atom. The molecule has 0 aromatic carbocycles. The fraction of sp³-hybridized carbons (Fsp3) is 0.929. The largest absolute Gasteiger partial charge is 0.468 e. The number of carbonyl (C=O) groups excluding carboxylic acids is 1. The first-order valence-corrected chi connectivity index (χ1v) is 7.02. The highest BCUT2D eigenvalue weighted by molar-refractivity contribution is 5.80. The monoisotopic (exact) mass is 258 g/mol. The van der Waals surface area contributed by atoms with Crippen molar-refractivity contribution in [1.82, 2.24) is 10.2 Å². The number of rotatable bonds is 9. The minimum atomic E-state index is -0.621. The molecule has 0 amide bonds. The average molecular weight is 258 g/mol. The van der Waals surface area contributed by atoms with E-state index in [1.165, 1.54) is 7.11 Å². The van der Waals surface area contributed by atoms with Crippen LogP contribution in [0.15, 0.2) is 0 Å². The molecule has 4 nitrogen and oxygen atoms in total. The molecule has 4 heteroatoms. The van der Waals surface area contributed by atoms with E-state index < -0.39 is 5.54 Å². The molecular formula is C14H30N2O2. The van der Waals surface area contributed by atoms with E-state index in [0.29, 0.717) is 12.6 Å². The van der Waals surface area contributed by atoms with Crippen molar-refractivity contribution in [2.45, 2.75) is 59.0 Å². The summed E-state index contributed by atoms with van der Waals surface area (Å²) in [5, 5.41) is 3.32. The van der Waals surface area contributed by atoms with Crippen LogP contribution in [0.1, 0.15) is 47.5 Å². The Balaban J connectivity index is 4.79. The topological polar surface area (TPSA) is 41.6 Å². The number of nitrogens with one attached hydrogen (secondary N) is 1. The van der Waals surface area contributed by atoms with Gasteiger partial charge in [0.25, 0.3) is 0 Å². The fourth-order valence-electron chi connectivity index (χ4n) is 2.06. The maximum atomic E-state index is 12.0. The molecule has 0 heterocycles. The van der Waals surface area contributed by atoms with Crippen molar-refractivity contribution >= 4 is 5.97 Å². The van der Waals surface area contributed by atoms with Gasteiger partial charge in [0.15, 0.2) is 0 Å². The van der Waals surface area contributed by atoms with Crippen LogP contribution in [0.5, 0.6) is 0 Å². The van der Waals surface area contributed by atoms with Gasteiger partial charge in [-0.2, -0.15) is 0 Å². The molecule has 0 saturated carbocycles. The summed E-state index contributed by atoms with van der Waals surface area (Å²) in [4.78, 5) is 14.3. The van der Waals surface area contributed by atoms with Crippen molar-refractivity contribution in [3.05, 3.63) is 0 Å².